The molecule has 2 heterocycles. The van der Waals surface area contributed by atoms with Crippen molar-refractivity contribution in [2.24, 2.45) is 0 Å². The number of likely N-dealkylation sites (tertiary alicyclic amines) is 1. The Morgan fingerprint density at radius 3 is 2.33 bits per heavy atom. The summed E-state index contributed by atoms with van der Waals surface area (Å²) in [6.07, 6.45) is 4.72. The van der Waals surface area contributed by atoms with E-state index < -0.39 is 0 Å². The van der Waals surface area contributed by atoms with Crippen molar-refractivity contribution in [1.82, 2.24) is 4.90 Å². The van der Waals surface area contributed by atoms with Crippen molar-refractivity contribution in [1.29, 1.82) is 0 Å². The van der Waals surface area contributed by atoms with Gasteiger partial charge in [0.25, 0.3) is 0 Å². The first-order chi connectivity index (χ1) is 17.2. The Bertz CT molecular complexity index is 1170. The molecule has 0 atom stereocenters. The fourth-order valence-electron chi connectivity index (χ4n) is 4.91. The molecule has 5 rings (SSSR count). The molecule has 0 aromatic heterocycles. The van der Waals surface area contributed by atoms with Gasteiger partial charge in [-0.15, -0.1) is 12.4 Å². The smallest absolute Gasteiger partial charge is 0.131 e. The average Bonchev–Trinajstić information content (AvgIpc) is 2.90. The number of ether oxygens (including phenoxy) is 3. The summed E-state index contributed by atoms with van der Waals surface area (Å²) < 4.78 is 17.4. The molecule has 0 amide bonds. The predicted octanol–water partition coefficient (Wildman–Crippen LogP) is 6.23. The van der Waals surface area contributed by atoms with Gasteiger partial charge in [-0.25, -0.2) is 0 Å². The molecular formula is C30H34ClNO4. The van der Waals surface area contributed by atoms with Gasteiger partial charge in [-0.2, -0.15) is 0 Å². The number of hydrogen-bond acceptors (Lipinski definition) is 5. The zero-order valence-corrected chi connectivity index (χ0v) is 21.6. The van der Waals surface area contributed by atoms with Crippen molar-refractivity contribution in [3.05, 3.63) is 83.4 Å². The molecule has 0 radical (unpaired) electrons. The molecule has 0 unspecified atom stereocenters. The van der Waals surface area contributed by atoms with Gasteiger partial charge >= 0.3 is 0 Å². The summed E-state index contributed by atoms with van der Waals surface area (Å²) in [5.41, 5.74) is 5.68. The number of aromatic hydroxyl groups is 1. The van der Waals surface area contributed by atoms with Crippen LogP contribution in [0.15, 0.2) is 66.7 Å². The van der Waals surface area contributed by atoms with E-state index in [0.29, 0.717) is 6.61 Å². The van der Waals surface area contributed by atoms with Crippen LogP contribution in [0.5, 0.6) is 23.0 Å². The fraction of sp³-hybridized carbons (Fsp3) is 0.333. The van der Waals surface area contributed by atoms with Gasteiger partial charge in [0.05, 0.1) is 7.11 Å². The summed E-state index contributed by atoms with van der Waals surface area (Å²) in [5.74, 6) is 2.67. The van der Waals surface area contributed by atoms with E-state index in [2.05, 4.69) is 41.3 Å². The Morgan fingerprint density at radius 2 is 1.61 bits per heavy atom. The molecule has 2 aliphatic rings. The van der Waals surface area contributed by atoms with Gasteiger partial charge in [0.1, 0.15) is 36.2 Å². The molecule has 1 fully saturated rings. The molecule has 0 aliphatic carbocycles. The minimum Gasteiger partial charge on any atom is -0.508 e. The Morgan fingerprint density at radius 1 is 0.889 bits per heavy atom. The lowest BCUT2D eigenvalue weighted by molar-refractivity contribution is 0.183. The number of benzene rings is 3. The van der Waals surface area contributed by atoms with E-state index in [-0.39, 0.29) is 18.2 Å². The number of nitrogens with zero attached hydrogens (tertiary/aromatic N) is 1. The predicted molar refractivity (Wildman–Crippen MR) is 147 cm³/mol. The summed E-state index contributed by atoms with van der Waals surface area (Å²) >= 11 is 0. The van der Waals surface area contributed by atoms with Gasteiger partial charge in [-0.3, -0.25) is 4.90 Å². The molecule has 0 bridgehead atoms. The maximum absolute atomic E-state index is 9.96. The number of halogens is 1. The molecule has 0 saturated carbocycles. The van der Waals surface area contributed by atoms with E-state index in [1.165, 1.54) is 43.5 Å². The standard InChI is InChI=1S/C30H33NO4.ClH/c1-33-25-12-7-23(8-13-25)29-21-35-30-20-24(32)9-14-27(30)28(29)19-22-5-10-26(11-6-22)34-18-17-31-15-3-2-4-16-31;/h5-14,20,32H,2-4,15-19,21H2,1H3;1H. The van der Waals surface area contributed by atoms with Crippen LogP contribution in [0.2, 0.25) is 0 Å². The number of phenols is 1. The number of hydrogen-bond donors (Lipinski definition) is 1. The van der Waals surface area contributed by atoms with Crippen LogP contribution in [0.25, 0.3) is 11.1 Å². The van der Waals surface area contributed by atoms with Gasteiger partial charge in [-0.1, -0.05) is 30.7 Å². The molecule has 3 aromatic carbocycles. The fourth-order valence-corrected chi connectivity index (χ4v) is 4.91. The Hall–Kier alpha value is -3.15. The van der Waals surface area contributed by atoms with Crippen LogP contribution in [-0.2, 0) is 6.42 Å². The molecule has 190 valence electrons. The second-order valence-corrected chi connectivity index (χ2v) is 9.23. The van der Waals surface area contributed by atoms with E-state index in [1.807, 2.05) is 18.2 Å². The highest BCUT2D eigenvalue weighted by atomic mass is 35.5. The van der Waals surface area contributed by atoms with E-state index in [1.54, 1.807) is 19.2 Å². The van der Waals surface area contributed by atoms with E-state index in [0.717, 1.165) is 53.5 Å². The lowest BCUT2D eigenvalue weighted by atomic mass is 9.88. The van der Waals surface area contributed by atoms with Crippen LogP contribution in [0, 0.1) is 0 Å². The molecule has 6 heteroatoms. The highest BCUT2D eigenvalue weighted by Crippen LogP contribution is 2.40. The number of rotatable bonds is 8. The van der Waals surface area contributed by atoms with Crippen molar-refractivity contribution in [3.8, 4) is 23.0 Å². The first kappa shape index (κ1) is 25.9. The molecule has 5 nitrogen and oxygen atoms in total. The largest absolute Gasteiger partial charge is 0.508 e. The lowest BCUT2D eigenvalue weighted by Gasteiger charge is -2.26. The molecule has 36 heavy (non-hydrogen) atoms. The zero-order valence-electron chi connectivity index (χ0n) is 20.7. The van der Waals surface area contributed by atoms with Crippen molar-refractivity contribution in [2.45, 2.75) is 25.7 Å². The van der Waals surface area contributed by atoms with Gasteiger partial charge in [0, 0.05) is 23.7 Å². The number of methoxy groups -OCH3 is 1. The topological polar surface area (TPSA) is 51.2 Å². The highest BCUT2D eigenvalue weighted by molar-refractivity contribution is 5.95. The third-order valence-corrected chi connectivity index (χ3v) is 6.89. The third kappa shape index (κ3) is 6.15. The Labute approximate surface area is 219 Å². The summed E-state index contributed by atoms with van der Waals surface area (Å²) in [7, 11) is 1.67. The molecule has 3 aromatic rings. The van der Waals surface area contributed by atoms with Crippen LogP contribution in [0.3, 0.4) is 0 Å². The molecule has 2 aliphatic heterocycles. The third-order valence-electron chi connectivity index (χ3n) is 6.89. The van der Waals surface area contributed by atoms with Gasteiger partial charge in [0.2, 0.25) is 0 Å². The normalized spacial score (nSPS) is 15.5. The molecule has 0 spiro atoms. The Kier molecular flexibility index (Phi) is 8.79. The van der Waals surface area contributed by atoms with Crippen molar-refractivity contribution in [3.63, 3.8) is 0 Å². The molecular weight excluding hydrogens is 474 g/mol. The summed E-state index contributed by atoms with van der Waals surface area (Å²) in [6.45, 7) is 4.55. The number of piperidine rings is 1. The number of fused-ring (bicyclic) bond motifs is 1. The van der Waals surface area contributed by atoms with Crippen molar-refractivity contribution >= 4 is 23.6 Å². The van der Waals surface area contributed by atoms with Crippen LogP contribution in [0.1, 0.15) is 36.0 Å². The van der Waals surface area contributed by atoms with Crippen LogP contribution in [0.4, 0.5) is 0 Å². The first-order valence-electron chi connectivity index (χ1n) is 12.5. The number of phenolic OH excluding ortho intramolecular Hbond substituents is 1. The Balaban J connectivity index is 0.00000304. The van der Waals surface area contributed by atoms with Crippen molar-refractivity contribution in [2.75, 3.05) is 40.0 Å². The van der Waals surface area contributed by atoms with Gasteiger partial charge < -0.3 is 19.3 Å². The summed E-state index contributed by atoms with van der Waals surface area (Å²) in [5, 5.41) is 9.96. The van der Waals surface area contributed by atoms with Crippen molar-refractivity contribution < 1.29 is 19.3 Å². The van der Waals surface area contributed by atoms with Crippen LogP contribution < -0.4 is 14.2 Å². The van der Waals surface area contributed by atoms with E-state index in [4.69, 9.17) is 14.2 Å². The molecule has 1 saturated heterocycles. The first-order valence-corrected chi connectivity index (χ1v) is 12.5. The quantitative estimate of drug-likeness (QED) is 0.391. The van der Waals surface area contributed by atoms with E-state index >= 15 is 0 Å². The summed E-state index contributed by atoms with van der Waals surface area (Å²) in [4.78, 5) is 2.49. The van der Waals surface area contributed by atoms with Crippen LogP contribution >= 0.6 is 12.4 Å². The minimum absolute atomic E-state index is 0. The minimum atomic E-state index is 0. The second-order valence-electron chi connectivity index (χ2n) is 9.23. The maximum Gasteiger partial charge on any atom is 0.131 e. The monoisotopic (exact) mass is 507 g/mol. The number of allylic oxidation sites excluding steroid dienone is 1. The highest BCUT2D eigenvalue weighted by Gasteiger charge is 2.22. The van der Waals surface area contributed by atoms with E-state index in [9.17, 15) is 5.11 Å². The van der Waals surface area contributed by atoms with Gasteiger partial charge in [0.15, 0.2) is 0 Å². The van der Waals surface area contributed by atoms with Gasteiger partial charge in [-0.05, 0) is 85.5 Å². The SMILES string of the molecule is COc1ccc(C2=C(Cc3ccc(OCCN4CCCCC4)cc3)c3ccc(O)cc3OC2)cc1.Cl. The zero-order chi connectivity index (χ0) is 24.0. The molecule has 1 N–H and O–H groups in total. The van der Waals surface area contributed by atoms with Crippen LogP contribution in [-0.4, -0.2) is 50.0 Å². The maximum atomic E-state index is 9.96. The average molecular weight is 508 g/mol. The second kappa shape index (κ2) is 12.2. The summed E-state index contributed by atoms with van der Waals surface area (Å²) in [6, 6.07) is 21.9. The lowest BCUT2D eigenvalue weighted by Crippen LogP contribution is -2.33.